The zero-order valence-corrected chi connectivity index (χ0v) is 10.4. The highest BCUT2D eigenvalue weighted by molar-refractivity contribution is 5.80. The van der Waals surface area contributed by atoms with Gasteiger partial charge in [-0.1, -0.05) is 19.3 Å². The molecule has 1 N–H and O–H groups in total. The van der Waals surface area contributed by atoms with Crippen LogP contribution in [-0.4, -0.2) is 24.2 Å². The minimum Gasteiger partial charge on any atom is -0.465 e. The van der Waals surface area contributed by atoms with Crippen LogP contribution in [0.4, 0.5) is 0 Å². The normalized spacial score (nSPS) is 24.6. The molecule has 0 bridgehead atoms. The largest absolute Gasteiger partial charge is 0.465 e. The van der Waals surface area contributed by atoms with E-state index in [0.29, 0.717) is 12.6 Å². The van der Waals surface area contributed by atoms with Crippen LogP contribution in [0.1, 0.15) is 52.4 Å². The van der Waals surface area contributed by atoms with Crippen molar-refractivity contribution in [1.82, 2.24) is 5.32 Å². The molecule has 0 radical (unpaired) electrons. The van der Waals surface area contributed by atoms with Crippen molar-refractivity contribution in [1.29, 1.82) is 0 Å². The lowest BCUT2D eigenvalue weighted by molar-refractivity contribution is -0.151. The molecule has 2 aliphatic carbocycles. The van der Waals surface area contributed by atoms with Gasteiger partial charge in [-0.15, -0.1) is 0 Å². The van der Waals surface area contributed by atoms with Crippen LogP contribution in [0, 0.1) is 5.92 Å². The maximum atomic E-state index is 12.0. The summed E-state index contributed by atoms with van der Waals surface area (Å²) in [5.41, 5.74) is -0.442. The van der Waals surface area contributed by atoms with Gasteiger partial charge >= 0.3 is 5.97 Å². The van der Waals surface area contributed by atoms with E-state index in [1.807, 2.05) is 13.8 Å². The van der Waals surface area contributed by atoms with Crippen LogP contribution >= 0.6 is 0 Å². The molecule has 92 valence electrons. The number of nitrogens with one attached hydrogen (secondary N) is 1. The SMILES string of the molecule is CCOC(=O)C(C)(CC1CCC1)NC1CC1. The van der Waals surface area contributed by atoms with Crippen molar-refractivity contribution in [2.45, 2.75) is 64.0 Å². The fraction of sp³-hybridized carbons (Fsp3) is 0.923. The number of hydrogen-bond acceptors (Lipinski definition) is 3. The summed E-state index contributed by atoms with van der Waals surface area (Å²) in [5, 5.41) is 3.48. The van der Waals surface area contributed by atoms with Gasteiger partial charge < -0.3 is 4.74 Å². The summed E-state index contributed by atoms with van der Waals surface area (Å²) in [6.45, 7) is 4.37. The zero-order chi connectivity index (χ0) is 11.6. The van der Waals surface area contributed by atoms with Gasteiger partial charge in [0.05, 0.1) is 6.61 Å². The third-order valence-corrected chi connectivity index (χ3v) is 3.75. The van der Waals surface area contributed by atoms with Gasteiger partial charge in [0.25, 0.3) is 0 Å². The van der Waals surface area contributed by atoms with E-state index in [2.05, 4.69) is 5.32 Å². The molecule has 1 atom stereocenters. The van der Waals surface area contributed by atoms with Crippen LogP contribution in [0.15, 0.2) is 0 Å². The van der Waals surface area contributed by atoms with Gasteiger partial charge in [0.1, 0.15) is 5.54 Å². The van der Waals surface area contributed by atoms with Crippen LogP contribution in [-0.2, 0) is 9.53 Å². The van der Waals surface area contributed by atoms with Crippen molar-refractivity contribution < 1.29 is 9.53 Å². The summed E-state index contributed by atoms with van der Waals surface area (Å²) in [6, 6.07) is 0.550. The Bertz CT molecular complexity index is 259. The van der Waals surface area contributed by atoms with Crippen molar-refractivity contribution in [3.05, 3.63) is 0 Å². The number of carbonyl (C=O) groups is 1. The molecule has 1 unspecified atom stereocenters. The molecule has 3 heteroatoms. The number of hydrogen-bond donors (Lipinski definition) is 1. The molecule has 0 heterocycles. The van der Waals surface area contributed by atoms with Crippen LogP contribution in [0.2, 0.25) is 0 Å². The molecule has 0 aliphatic heterocycles. The number of esters is 1. The quantitative estimate of drug-likeness (QED) is 0.705. The highest BCUT2D eigenvalue weighted by Crippen LogP contribution is 2.35. The topological polar surface area (TPSA) is 38.3 Å². The number of rotatable bonds is 6. The summed E-state index contributed by atoms with van der Waals surface area (Å²) >= 11 is 0. The van der Waals surface area contributed by atoms with Crippen LogP contribution < -0.4 is 5.32 Å². The molecule has 16 heavy (non-hydrogen) atoms. The zero-order valence-electron chi connectivity index (χ0n) is 10.4. The van der Waals surface area contributed by atoms with Gasteiger partial charge in [-0.05, 0) is 39.0 Å². The smallest absolute Gasteiger partial charge is 0.326 e. The molecule has 2 saturated carbocycles. The molecule has 0 spiro atoms. The molecule has 0 aromatic carbocycles. The fourth-order valence-electron chi connectivity index (χ4n) is 2.44. The molecule has 2 fully saturated rings. The second-order valence-corrected chi connectivity index (χ2v) is 5.47. The lowest BCUT2D eigenvalue weighted by atomic mass is 9.76. The number of ether oxygens (including phenoxy) is 1. The lowest BCUT2D eigenvalue weighted by Gasteiger charge is -2.36. The third-order valence-electron chi connectivity index (χ3n) is 3.75. The fourth-order valence-corrected chi connectivity index (χ4v) is 2.44. The Balaban J connectivity index is 1.93. The lowest BCUT2D eigenvalue weighted by Crippen LogP contribution is -2.53. The van der Waals surface area contributed by atoms with Crippen molar-refractivity contribution in [3.63, 3.8) is 0 Å². The Kier molecular flexibility index (Phi) is 3.53. The highest BCUT2D eigenvalue weighted by atomic mass is 16.5. The van der Waals surface area contributed by atoms with E-state index in [1.54, 1.807) is 0 Å². The van der Waals surface area contributed by atoms with E-state index in [0.717, 1.165) is 12.3 Å². The molecule has 2 aliphatic rings. The Morgan fingerprint density at radius 1 is 1.38 bits per heavy atom. The van der Waals surface area contributed by atoms with Crippen LogP contribution in [0.25, 0.3) is 0 Å². The van der Waals surface area contributed by atoms with Gasteiger partial charge in [0.2, 0.25) is 0 Å². The standard InChI is InChI=1S/C13H23NO2/c1-3-16-12(15)13(2,14-11-7-8-11)9-10-5-4-6-10/h10-11,14H,3-9H2,1-2H3. The van der Waals surface area contributed by atoms with Crippen molar-refractivity contribution in [3.8, 4) is 0 Å². The molecule has 0 aromatic heterocycles. The highest BCUT2D eigenvalue weighted by Gasteiger charge is 2.42. The van der Waals surface area contributed by atoms with Crippen LogP contribution in [0.5, 0.6) is 0 Å². The van der Waals surface area contributed by atoms with Gasteiger partial charge in [0, 0.05) is 6.04 Å². The molecule has 0 aromatic rings. The van der Waals surface area contributed by atoms with E-state index in [-0.39, 0.29) is 5.97 Å². The first-order chi connectivity index (χ1) is 7.64. The maximum absolute atomic E-state index is 12.0. The van der Waals surface area contributed by atoms with Crippen molar-refractivity contribution in [2.24, 2.45) is 5.92 Å². The first-order valence-electron chi connectivity index (χ1n) is 6.59. The maximum Gasteiger partial charge on any atom is 0.326 e. The Labute approximate surface area is 97.9 Å². The molecular formula is C13H23NO2. The van der Waals surface area contributed by atoms with Gasteiger partial charge in [-0.3, -0.25) is 10.1 Å². The average Bonchev–Trinajstić information content (AvgIpc) is 2.96. The van der Waals surface area contributed by atoms with E-state index in [1.165, 1.54) is 32.1 Å². The number of carbonyl (C=O) groups excluding carboxylic acids is 1. The molecular weight excluding hydrogens is 202 g/mol. The van der Waals surface area contributed by atoms with E-state index < -0.39 is 5.54 Å². The minimum atomic E-state index is -0.442. The summed E-state index contributed by atoms with van der Waals surface area (Å²) in [6.07, 6.45) is 7.25. The molecule has 0 saturated heterocycles. The van der Waals surface area contributed by atoms with Crippen molar-refractivity contribution in [2.75, 3.05) is 6.61 Å². The van der Waals surface area contributed by atoms with E-state index in [4.69, 9.17) is 4.74 Å². The monoisotopic (exact) mass is 225 g/mol. The summed E-state index contributed by atoms with van der Waals surface area (Å²) in [7, 11) is 0. The summed E-state index contributed by atoms with van der Waals surface area (Å²) in [5.74, 6) is 0.662. The van der Waals surface area contributed by atoms with E-state index >= 15 is 0 Å². The molecule has 2 rings (SSSR count). The average molecular weight is 225 g/mol. The molecule has 3 nitrogen and oxygen atoms in total. The predicted molar refractivity (Wildman–Crippen MR) is 63.2 cm³/mol. The Morgan fingerprint density at radius 2 is 2.06 bits per heavy atom. The summed E-state index contributed by atoms with van der Waals surface area (Å²) in [4.78, 5) is 12.0. The summed E-state index contributed by atoms with van der Waals surface area (Å²) < 4.78 is 5.20. The first kappa shape index (κ1) is 11.9. The van der Waals surface area contributed by atoms with Gasteiger partial charge in [0.15, 0.2) is 0 Å². The molecule has 0 amide bonds. The Morgan fingerprint density at radius 3 is 2.50 bits per heavy atom. The second kappa shape index (κ2) is 4.74. The van der Waals surface area contributed by atoms with Gasteiger partial charge in [-0.2, -0.15) is 0 Å². The van der Waals surface area contributed by atoms with Crippen LogP contribution in [0.3, 0.4) is 0 Å². The first-order valence-corrected chi connectivity index (χ1v) is 6.59. The predicted octanol–water partition coefficient (Wildman–Crippen LogP) is 2.25. The third kappa shape index (κ3) is 2.76. The Hall–Kier alpha value is -0.570. The van der Waals surface area contributed by atoms with Gasteiger partial charge in [-0.25, -0.2) is 0 Å². The van der Waals surface area contributed by atoms with Crippen molar-refractivity contribution >= 4 is 5.97 Å². The second-order valence-electron chi connectivity index (χ2n) is 5.47. The van der Waals surface area contributed by atoms with E-state index in [9.17, 15) is 4.79 Å². The minimum absolute atomic E-state index is 0.0613.